The predicted molar refractivity (Wildman–Crippen MR) is 191 cm³/mol. The van der Waals surface area contributed by atoms with Crippen LogP contribution >= 0.6 is 0 Å². The highest BCUT2D eigenvalue weighted by Gasteiger charge is 2.76. The lowest BCUT2D eigenvalue weighted by Gasteiger charge is -2.42. The Labute approximate surface area is 297 Å². The van der Waals surface area contributed by atoms with E-state index in [1.54, 1.807) is 29.0 Å². The monoisotopic (exact) mass is 691 g/mol. The van der Waals surface area contributed by atoms with Gasteiger partial charge in [-0.15, -0.1) is 13.2 Å². The average Bonchev–Trinajstić information content (AvgIpc) is 3.77. The summed E-state index contributed by atoms with van der Waals surface area (Å²) >= 11 is 0. The van der Waals surface area contributed by atoms with Gasteiger partial charge in [0.05, 0.1) is 36.6 Å². The van der Waals surface area contributed by atoms with Gasteiger partial charge in [-0.3, -0.25) is 19.2 Å². The van der Waals surface area contributed by atoms with Crippen LogP contribution in [0.3, 0.4) is 0 Å². The van der Waals surface area contributed by atoms with E-state index in [1.165, 1.54) is 0 Å². The summed E-state index contributed by atoms with van der Waals surface area (Å²) in [6.45, 7) is 13.6. The third-order valence-corrected chi connectivity index (χ3v) is 11.6. The van der Waals surface area contributed by atoms with Crippen LogP contribution in [0.1, 0.15) is 96.6 Å². The molecule has 274 valence electrons. The van der Waals surface area contributed by atoms with Gasteiger partial charge in [-0.05, 0) is 56.9 Å². The lowest BCUT2D eigenvalue weighted by molar-refractivity contribution is -0.165. The van der Waals surface area contributed by atoms with Crippen molar-refractivity contribution < 1.29 is 33.8 Å². The minimum Gasteiger partial charge on any atom is -0.455 e. The molecule has 4 aliphatic rings. The number of hydrogen-bond acceptors (Lipinski definition) is 7. The van der Waals surface area contributed by atoms with Crippen LogP contribution in [-0.2, 0) is 28.7 Å². The molecule has 1 aromatic rings. The Morgan fingerprint density at radius 1 is 1.08 bits per heavy atom. The fourth-order valence-electron chi connectivity index (χ4n) is 9.08. The first-order valence-electron chi connectivity index (χ1n) is 18.6. The van der Waals surface area contributed by atoms with Gasteiger partial charge in [0.1, 0.15) is 17.7 Å². The minimum atomic E-state index is -1.22. The zero-order valence-electron chi connectivity index (χ0n) is 30.4. The molecule has 5 rings (SSSR count). The summed E-state index contributed by atoms with van der Waals surface area (Å²) in [5.41, 5.74) is -0.487. The number of benzene rings is 1. The van der Waals surface area contributed by atoms with Crippen LogP contribution < -0.4 is 0 Å². The third kappa shape index (κ3) is 7.15. The second-order valence-corrected chi connectivity index (χ2v) is 15.2. The van der Waals surface area contributed by atoms with Gasteiger partial charge in [0.15, 0.2) is 0 Å². The molecule has 50 heavy (non-hydrogen) atoms. The Morgan fingerprint density at radius 3 is 2.40 bits per heavy atom. The van der Waals surface area contributed by atoms with Crippen molar-refractivity contribution in [2.24, 2.45) is 17.8 Å². The maximum Gasteiger partial charge on any atom is 0.313 e. The zero-order chi connectivity index (χ0) is 36.2. The molecule has 2 bridgehead atoms. The van der Waals surface area contributed by atoms with E-state index in [9.17, 15) is 24.3 Å². The Kier molecular flexibility index (Phi) is 12.3. The Balaban J connectivity index is 1.50. The SMILES string of the molecule is C=CCCC(=O)N(C)[C@@H](C)[C@@H](OC(=O)[C@@H]1[C@H]2C(=O)N([C@@H](CO)CC(C)C)[C@H](C(=O)N(CC=C)C3CCCCC3)[C@]23CC[C@H]1O3)c1ccccc1. The summed E-state index contributed by atoms with van der Waals surface area (Å²) in [6.07, 6.45) is 9.27. The van der Waals surface area contributed by atoms with Crippen LogP contribution in [0, 0.1) is 17.8 Å². The largest absolute Gasteiger partial charge is 0.455 e. The van der Waals surface area contributed by atoms with Crippen LogP contribution in [0.25, 0.3) is 0 Å². The highest BCUT2D eigenvalue weighted by molar-refractivity contribution is 5.98. The van der Waals surface area contributed by atoms with Crippen molar-refractivity contribution in [2.75, 3.05) is 20.2 Å². The first-order chi connectivity index (χ1) is 24.0. The van der Waals surface area contributed by atoms with E-state index in [4.69, 9.17) is 9.47 Å². The average molecular weight is 692 g/mol. The van der Waals surface area contributed by atoms with Crippen LogP contribution in [-0.4, -0.2) is 99.6 Å². The number of carbonyl (C=O) groups is 4. The van der Waals surface area contributed by atoms with Gasteiger partial charge in [0.25, 0.3) is 0 Å². The molecule has 3 aliphatic heterocycles. The van der Waals surface area contributed by atoms with Crippen molar-refractivity contribution in [3.05, 3.63) is 61.2 Å². The molecule has 10 nitrogen and oxygen atoms in total. The second kappa shape index (κ2) is 16.2. The van der Waals surface area contributed by atoms with Crippen molar-refractivity contribution in [2.45, 2.75) is 127 Å². The molecule has 1 aliphatic carbocycles. The number of carbonyl (C=O) groups excluding carboxylic acids is 4. The number of likely N-dealkylation sites (tertiary alicyclic amines) is 1. The molecule has 10 heteroatoms. The first kappa shape index (κ1) is 37.7. The molecule has 0 unspecified atom stereocenters. The predicted octanol–water partition coefficient (Wildman–Crippen LogP) is 5.21. The van der Waals surface area contributed by atoms with Crippen LogP contribution in [0.15, 0.2) is 55.6 Å². The van der Waals surface area contributed by atoms with Gasteiger partial charge in [-0.1, -0.05) is 75.6 Å². The fraction of sp³-hybridized carbons (Fsp3) is 0.650. The summed E-state index contributed by atoms with van der Waals surface area (Å²) in [5, 5.41) is 10.7. The van der Waals surface area contributed by atoms with E-state index in [0.717, 1.165) is 37.7 Å². The number of allylic oxidation sites excluding steroid dienone is 1. The Morgan fingerprint density at radius 2 is 1.78 bits per heavy atom. The van der Waals surface area contributed by atoms with Gasteiger partial charge in [0, 0.05) is 26.1 Å². The van der Waals surface area contributed by atoms with Crippen LogP contribution in [0.2, 0.25) is 0 Å². The number of fused-ring (bicyclic) bond motifs is 1. The van der Waals surface area contributed by atoms with Crippen molar-refractivity contribution in [1.29, 1.82) is 0 Å². The number of rotatable bonds is 16. The van der Waals surface area contributed by atoms with Gasteiger partial charge in [-0.2, -0.15) is 0 Å². The molecule has 3 heterocycles. The lowest BCUT2D eigenvalue weighted by Crippen LogP contribution is -2.60. The highest BCUT2D eigenvalue weighted by atomic mass is 16.6. The molecule has 0 aromatic heterocycles. The molecular formula is C40H57N3O7. The normalized spacial score (nSPS) is 27.8. The van der Waals surface area contributed by atoms with E-state index in [0.29, 0.717) is 32.2 Å². The zero-order valence-corrected chi connectivity index (χ0v) is 30.4. The summed E-state index contributed by atoms with van der Waals surface area (Å²) in [4.78, 5) is 62.3. The van der Waals surface area contributed by atoms with E-state index in [-0.39, 0.29) is 42.7 Å². The molecule has 1 N–H and O–H groups in total. The first-order valence-corrected chi connectivity index (χ1v) is 18.6. The molecule has 3 saturated heterocycles. The van der Waals surface area contributed by atoms with Crippen LogP contribution in [0.5, 0.6) is 0 Å². The molecule has 8 atom stereocenters. The molecule has 1 saturated carbocycles. The molecule has 0 radical (unpaired) electrons. The molecule has 1 spiro atoms. The van der Waals surface area contributed by atoms with Gasteiger partial charge in [0.2, 0.25) is 17.7 Å². The van der Waals surface area contributed by atoms with Crippen molar-refractivity contribution >= 4 is 23.7 Å². The van der Waals surface area contributed by atoms with Crippen molar-refractivity contribution in [1.82, 2.24) is 14.7 Å². The fourth-order valence-corrected chi connectivity index (χ4v) is 9.08. The summed E-state index contributed by atoms with van der Waals surface area (Å²) in [7, 11) is 1.70. The topological polar surface area (TPSA) is 117 Å². The maximum absolute atomic E-state index is 14.9. The standard InChI is InChI=1S/C40H57N3O7/c1-7-9-20-32(45)41(6)27(5)35(28-16-12-10-13-17-28)49-39(48)33-31-21-22-40(50-31)34(33)37(46)43(30(25-44)24-26(3)4)36(40)38(47)42(23-8-2)29-18-14-11-15-19-29/h7-8,10,12-13,16-17,26-27,29-31,33-36,44H,1-2,9,11,14-15,18-25H2,3-6H3/t27-,30+,31+,33-,34-,35+,36+,40-/m0/s1. The molecule has 4 fully saturated rings. The quantitative estimate of drug-likeness (QED) is 0.187. The molecule has 3 amide bonds. The second-order valence-electron chi connectivity index (χ2n) is 15.2. The smallest absolute Gasteiger partial charge is 0.313 e. The number of nitrogens with zero attached hydrogens (tertiary/aromatic N) is 3. The van der Waals surface area contributed by atoms with Crippen molar-refractivity contribution in [3.8, 4) is 0 Å². The van der Waals surface area contributed by atoms with E-state index < -0.39 is 53.7 Å². The summed E-state index contributed by atoms with van der Waals surface area (Å²) in [5.74, 6) is -2.92. The highest BCUT2D eigenvalue weighted by Crippen LogP contribution is 2.59. The number of ether oxygens (including phenoxy) is 2. The van der Waals surface area contributed by atoms with Crippen LogP contribution in [0.4, 0.5) is 0 Å². The van der Waals surface area contributed by atoms with E-state index in [2.05, 4.69) is 13.2 Å². The van der Waals surface area contributed by atoms with E-state index >= 15 is 0 Å². The van der Waals surface area contributed by atoms with Gasteiger partial charge < -0.3 is 29.3 Å². The Bertz CT molecular complexity index is 1390. The van der Waals surface area contributed by atoms with Gasteiger partial charge >= 0.3 is 5.97 Å². The van der Waals surface area contributed by atoms with Crippen molar-refractivity contribution in [3.63, 3.8) is 0 Å². The number of amides is 3. The molecule has 1 aromatic carbocycles. The van der Waals surface area contributed by atoms with Gasteiger partial charge in [-0.25, -0.2) is 0 Å². The number of aliphatic hydroxyl groups is 1. The Hall–Kier alpha value is -3.50. The minimum absolute atomic E-state index is 0.0259. The molecular weight excluding hydrogens is 634 g/mol. The number of aliphatic hydroxyl groups excluding tert-OH is 1. The third-order valence-electron chi connectivity index (χ3n) is 11.6. The summed E-state index contributed by atoms with van der Waals surface area (Å²) in [6, 6.07) is 7.25. The number of hydrogen-bond donors (Lipinski definition) is 1. The number of esters is 1. The van der Waals surface area contributed by atoms with E-state index in [1.807, 2.05) is 56.0 Å². The number of likely N-dealkylation sites (N-methyl/N-ethyl adjacent to an activating group) is 1. The summed E-state index contributed by atoms with van der Waals surface area (Å²) < 4.78 is 13.1. The maximum atomic E-state index is 14.9. The lowest BCUT2D eigenvalue weighted by atomic mass is 9.70.